The monoisotopic (exact) mass is 210 g/mol. The summed E-state index contributed by atoms with van der Waals surface area (Å²) >= 11 is 0. The number of hydrogen-bond donors (Lipinski definition) is 2. The lowest BCUT2D eigenvalue weighted by atomic mass is 10.2. The maximum Gasteiger partial charge on any atom is 0.423 e. The van der Waals surface area contributed by atoms with Gasteiger partial charge in [-0.05, 0) is 25.5 Å². The van der Waals surface area contributed by atoms with E-state index in [1.807, 2.05) is 6.92 Å². The number of nitrogens with zero attached hydrogens (tertiary/aromatic N) is 1. The molecule has 1 aromatic rings. The van der Waals surface area contributed by atoms with Gasteiger partial charge in [-0.25, -0.2) is 19.9 Å². The molecule has 0 aliphatic heterocycles. The molecule has 1 rings (SSSR count). The van der Waals surface area contributed by atoms with Crippen molar-refractivity contribution in [2.75, 3.05) is 0 Å². The first kappa shape index (κ1) is 11.0. The molecule has 0 aromatic carbocycles. The van der Waals surface area contributed by atoms with Gasteiger partial charge in [0.15, 0.2) is 0 Å². The molecule has 2 amide bonds. The number of carbonyl (C=O) groups excluding carboxylic acids is 1. The SMILES string of the molecule is Cc1ccnc(OC(=O)NC(=O)O)c1C. The van der Waals surface area contributed by atoms with Crippen LogP contribution in [0.3, 0.4) is 0 Å². The Morgan fingerprint density at radius 2 is 2.13 bits per heavy atom. The molecule has 0 atom stereocenters. The summed E-state index contributed by atoms with van der Waals surface area (Å²) in [5.41, 5.74) is 1.60. The van der Waals surface area contributed by atoms with E-state index in [1.54, 1.807) is 18.3 Å². The largest absolute Gasteiger partial charge is 0.465 e. The summed E-state index contributed by atoms with van der Waals surface area (Å²) in [5, 5.41) is 9.81. The summed E-state index contributed by atoms with van der Waals surface area (Å²) < 4.78 is 4.69. The smallest absolute Gasteiger partial charge is 0.423 e. The van der Waals surface area contributed by atoms with Crippen LogP contribution in [-0.4, -0.2) is 22.3 Å². The summed E-state index contributed by atoms with van der Waals surface area (Å²) in [6.07, 6.45) is -1.06. The fraction of sp³-hybridized carbons (Fsp3) is 0.222. The number of aromatic nitrogens is 1. The zero-order chi connectivity index (χ0) is 11.4. The third-order valence-corrected chi connectivity index (χ3v) is 1.83. The Labute approximate surface area is 85.9 Å². The van der Waals surface area contributed by atoms with E-state index in [4.69, 9.17) is 9.84 Å². The molecule has 0 aliphatic carbocycles. The highest BCUT2D eigenvalue weighted by molar-refractivity contribution is 5.87. The molecule has 2 N–H and O–H groups in total. The molecule has 0 radical (unpaired) electrons. The lowest BCUT2D eigenvalue weighted by Gasteiger charge is -2.06. The standard InChI is InChI=1S/C9H10N2O4/c1-5-3-4-10-7(6(5)2)15-9(14)11-8(12)13/h3-4H,1-2H3,(H,11,14)(H,12,13). The maximum atomic E-state index is 10.9. The lowest BCUT2D eigenvalue weighted by Crippen LogP contribution is -2.31. The third-order valence-electron chi connectivity index (χ3n) is 1.83. The van der Waals surface area contributed by atoms with Crippen molar-refractivity contribution in [3.05, 3.63) is 23.4 Å². The van der Waals surface area contributed by atoms with Crippen LogP contribution in [0.4, 0.5) is 9.59 Å². The van der Waals surface area contributed by atoms with Gasteiger partial charge in [0, 0.05) is 11.8 Å². The number of ether oxygens (including phenoxy) is 1. The number of hydrogen-bond acceptors (Lipinski definition) is 4. The van der Waals surface area contributed by atoms with Crippen LogP contribution in [0.25, 0.3) is 0 Å². The number of carbonyl (C=O) groups is 2. The number of carboxylic acid groups (broad SMARTS) is 1. The van der Waals surface area contributed by atoms with E-state index < -0.39 is 12.2 Å². The molecule has 15 heavy (non-hydrogen) atoms. The topological polar surface area (TPSA) is 88.5 Å². The predicted molar refractivity (Wildman–Crippen MR) is 50.9 cm³/mol. The summed E-state index contributed by atoms with van der Waals surface area (Å²) in [4.78, 5) is 24.9. The average molecular weight is 210 g/mol. The van der Waals surface area contributed by atoms with Crippen molar-refractivity contribution >= 4 is 12.2 Å². The molecule has 1 aromatic heterocycles. The van der Waals surface area contributed by atoms with Crippen LogP contribution < -0.4 is 10.1 Å². The predicted octanol–water partition coefficient (Wildman–Crippen LogP) is 1.46. The van der Waals surface area contributed by atoms with E-state index >= 15 is 0 Å². The minimum absolute atomic E-state index is 0.105. The van der Waals surface area contributed by atoms with Crippen molar-refractivity contribution in [1.29, 1.82) is 0 Å². The van der Waals surface area contributed by atoms with Crippen LogP contribution in [0, 0.1) is 13.8 Å². The Morgan fingerprint density at radius 1 is 1.47 bits per heavy atom. The van der Waals surface area contributed by atoms with E-state index in [-0.39, 0.29) is 5.88 Å². The molecular weight excluding hydrogens is 200 g/mol. The van der Waals surface area contributed by atoms with Crippen LogP contribution >= 0.6 is 0 Å². The van der Waals surface area contributed by atoms with Crippen LogP contribution in [0.15, 0.2) is 12.3 Å². The quantitative estimate of drug-likeness (QED) is 0.732. The highest BCUT2D eigenvalue weighted by Crippen LogP contribution is 2.16. The molecule has 0 saturated heterocycles. The van der Waals surface area contributed by atoms with Crippen molar-refractivity contribution < 1.29 is 19.4 Å². The zero-order valence-corrected chi connectivity index (χ0v) is 8.27. The molecule has 80 valence electrons. The van der Waals surface area contributed by atoms with Gasteiger partial charge in [0.2, 0.25) is 5.88 Å². The molecular formula is C9H10N2O4. The first-order valence-electron chi connectivity index (χ1n) is 4.14. The van der Waals surface area contributed by atoms with Crippen LogP contribution in [-0.2, 0) is 0 Å². The van der Waals surface area contributed by atoms with E-state index in [2.05, 4.69) is 4.98 Å². The van der Waals surface area contributed by atoms with E-state index in [0.717, 1.165) is 5.56 Å². The molecule has 0 fully saturated rings. The second-order valence-corrected chi connectivity index (χ2v) is 2.88. The summed E-state index contributed by atoms with van der Waals surface area (Å²) in [5.74, 6) is 0.105. The van der Waals surface area contributed by atoms with Crippen molar-refractivity contribution in [1.82, 2.24) is 10.3 Å². The Balaban J connectivity index is 2.77. The van der Waals surface area contributed by atoms with Gasteiger partial charge in [0.25, 0.3) is 0 Å². The Hall–Kier alpha value is -2.11. The zero-order valence-electron chi connectivity index (χ0n) is 8.27. The normalized spacial score (nSPS) is 9.47. The van der Waals surface area contributed by atoms with Crippen molar-refractivity contribution in [3.63, 3.8) is 0 Å². The average Bonchev–Trinajstić information content (AvgIpc) is 2.11. The molecule has 6 nitrogen and oxygen atoms in total. The van der Waals surface area contributed by atoms with Crippen LogP contribution in [0.1, 0.15) is 11.1 Å². The van der Waals surface area contributed by atoms with Gasteiger partial charge in [-0.3, -0.25) is 0 Å². The van der Waals surface area contributed by atoms with Gasteiger partial charge < -0.3 is 9.84 Å². The fourth-order valence-corrected chi connectivity index (χ4v) is 0.911. The van der Waals surface area contributed by atoms with E-state index in [9.17, 15) is 9.59 Å². The number of aryl methyl sites for hydroxylation is 1. The summed E-state index contributed by atoms with van der Waals surface area (Å²) in [7, 11) is 0. The first-order valence-corrected chi connectivity index (χ1v) is 4.14. The van der Waals surface area contributed by atoms with Crippen LogP contribution in [0.5, 0.6) is 5.88 Å². The molecule has 6 heteroatoms. The second kappa shape index (κ2) is 4.41. The van der Waals surface area contributed by atoms with Crippen molar-refractivity contribution in [2.24, 2.45) is 0 Å². The fourth-order valence-electron chi connectivity index (χ4n) is 0.911. The third kappa shape index (κ3) is 2.94. The van der Waals surface area contributed by atoms with E-state index in [1.165, 1.54) is 6.20 Å². The van der Waals surface area contributed by atoms with Gasteiger partial charge in [0.1, 0.15) is 0 Å². The lowest BCUT2D eigenvalue weighted by molar-refractivity contribution is 0.176. The minimum atomic E-state index is -1.47. The van der Waals surface area contributed by atoms with Crippen molar-refractivity contribution in [2.45, 2.75) is 13.8 Å². The van der Waals surface area contributed by atoms with Gasteiger partial charge in [-0.2, -0.15) is 0 Å². The Kier molecular flexibility index (Phi) is 3.22. The molecule has 0 spiro atoms. The van der Waals surface area contributed by atoms with Gasteiger partial charge in [0.05, 0.1) is 0 Å². The number of imide groups is 1. The molecule has 0 aliphatic rings. The Bertz CT molecular complexity index is 403. The molecule has 0 bridgehead atoms. The molecule has 0 saturated carbocycles. The summed E-state index contributed by atoms with van der Waals surface area (Å²) in [6.45, 7) is 3.56. The molecule has 1 heterocycles. The van der Waals surface area contributed by atoms with E-state index in [0.29, 0.717) is 5.56 Å². The maximum absolute atomic E-state index is 10.9. The molecule has 0 unspecified atom stereocenters. The van der Waals surface area contributed by atoms with Gasteiger partial charge in [-0.15, -0.1) is 0 Å². The van der Waals surface area contributed by atoms with Crippen molar-refractivity contribution in [3.8, 4) is 5.88 Å². The second-order valence-electron chi connectivity index (χ2n) is 2.88. The first-order chi connectivity index (χ1) is 7.00. The number of amides is 2. The highest BCUT2D eigenvalue weighted by atomic mass is 16.6. The highest BCUT2D eigenvalue weighted by Gasteiger charge is 2.11. The van der Waals surface area contributed by atoms with Gasteiger partial charge >= 0.3 is 12.2 Å². The Morgan fingerprint density at radius 3 is 2.73 bits per heavy atom. The number of pyridine rings is 1. The van der Waals surface area contributed by atoms with Gasteiger partial charge in [-0.1, -0.05) is 0 Å². The number of rotatable bonds is 1. The minimum Gasteiger partial charge on any atom is -0.465 e. The number of nitrogens with one attached hydrogen (secondary N) is 1. The summed E-state index contributed by atoms with van der Waals surface area (Å²) in [6, 6.07) is 1.76. The van der Waals surface area contributed by atoms with Crippen LogP contribution in [0.2, 0.25) is 0 Å².